The average Bonchev–Trinajstić information content (AvgIpc) is 3.33. The SMILES string of the molecule is C=C(Nc1ccc(-c2oc3ncnc(NCC(C)C)c3c2-c2ccc(Br)cc2)cc1)c1ccc(OC)cc1. The number of nitrogens with one attached hydrogen (secondary N) is 2. The lowest BCUT2D eigenvalue weighted by Gasteiger charge is -2.12. The predicted molar refractivity (Wildman–Crippen MR) is 159 cm³/mol. The number of rotatable bonds is 9. The molecule has 0 saturated heterocycles. The van der Waals surface area contributed by atoms with Crippen molar-refractivity contribution in [3.8, 4) is 28.2 Å². The van der Waals surface area contributed by atoms with E-state index in [-0.39, 0.29) is 0 Å². The molecule has 7 heteroatoms. The molecule has 6 nitrogen and oxygen atoms in total. The van der Waals surface area contributed by atoms with Crippen LogP contribution in [0.25, 0.3) is 39.2 Å². The number of halogens is 1. The van der Waals surface area contributed by atoms with Gasteiger partial charge in [0, 0.05) is 33.5 Å². The number of fused-ring (bicyclic) bond motifs is 1. The van der Waals surface area contributed by atoms with Crippen LogP contribution < -0.4 is 15.4 Å². The molecule has 0 aliphatic rings. The van der Waals surface area contributed by atoms with Crippen molar-refractivity contribution in [1.29, 1.82) is 0 Å². The van der Waals surface area contributed by atoms with Gasteiger partial charge in [-0.1, -0.05) is 48.5 Å². The van der Waals surface area contributed by atoms with Crippen molar-refractivity contribution in [1.82, 2.24) is 9.97 Å². The number of aromatic nitrogens is 2. The highest BCUT2D eigenvalue weighted by molar-refractivity contribution is 9.10. The van der Waals surface area contributed by atoms with Crippen molar-refractivity contribution in [2.75, 3.05) is 24.3 Å². The maximum absolute atomic E-state index is 6.38. The van der Waals surface area contributed by atoms with Gasteiger partial charge in [0.05, 0.1) is 12.5 Å². The Morgan fingerprint density at radius 1 is 0.947 bits per heavy atom. The zero-order chi connectivity index (χ0) is 26.6. The van der Waals surface area contributed by atoms with Crippen LogP contribution in [0.15, 0.2) is 94.6 Å². The molecule has 3 aromatic carbocycles. The molecule has 0 radical (unpaired) electrons. The second-order valence-electron chi connectivity index (χ2n) is 9.40. The molecule has 0 saturated carbocycles. The lowest BCUT2D eigenvalue weighted by molar-refractivity contribution is 0.415. The molecule has 0 aliphatic carbocycles. The van der Waals surface area contributed by atoms with Crippen molar-refractivity contribution in [2.24, 2.45) is 5.92 Å². The summed E-state index contributed by atoms with van der Waals surface area (Å²) in [7, 11) is 1.66. The van der Waals surface area contributed by atoms with Gasteiger partial charge < -0.3 is 19.8 Å². The zero-order valence-corrected chi connectivity index (χ0v) is 23.2. The Morgan fingerprint density at radius 3 is 2.29 bits per heavy atom. The van der Waals surface area contributed by atoms with Gasteiger partial charge in [0.2, 0.25) is 5.71 Å². The van der Waals surface area contributed by atoms with E-state index >= 15 is 0 Å². The largest absolute Gasteiger partial charge is 0.497 e. The summed E-state index contributed by atoms with van der Waals surface area (Å²) in [6.45, 7) is 9.32. The third kappa shape index (κ3) is 5.43. The molecule has 0 fully saturated rings. The number of hydrogen-bond acceptors (Lipinski definition) is 6. The monoisotopic (exact) mass is 568 g/mol. The maximum Gasteiger partial charge on any atom is 0.232 e. The topological polar surface area (TPSA) is 72.2 Å². The van der Waals surface area contributed by atoms with E-state index in [4.69, 9.17) is 9.15 Å². The van der Waals surface area contributed by atoms with Crippen LogP contribution in [-0.2, 0) is 0 Å². The summed E-state index contributed by atoms with van der Waals surface area (Å²) in [5, 5.41) is 7.74. The summed E-state index contributed by atoms with van der Waals surface area (Å²) < 4.78 is 12.6. The molecule has 192 valence electrons. The third-order valence-corrected chi connectivity index (χ3v) is 6.71. The minimum Gasteiger partial charge on any atom is -0.497 e. The van der Waals surface area contributed by atoms with Crippen LogP contribution in [-0.4, -0.2) is 23.6 Å². The molecule has 5 rings (SSSR count). The van der Waals surface area contributed by atoms with E-state index in [9.17, 15) is 0 Å². The lowest BCUT2D eigenvalue weighted by Crippen LogP contribution is -2.09. The fourth-order valence-electron chi connectivity index (χ4n) is 4.21. The molecule has 0 amide bonds. The van der Waals surface area contributed by atoms with Gasteiger partial charge in [-0.15, -0.1) is 0 Å². The number of anilines is 2. The molecule has 5 aromatic rings. The van der Waals surface area contributed by atoms with Gasteiger partial charge in [0.1, 0.15) is 23.7 Å². The van der Waals surface area contributed by atoms with Gasteiger partial charge in [0.15, 0.2) is 0 Å². The minimum atomic E-state index is 0.468. The van der Waals surface area contributed by atoms with Crippen LogP contribution in [0.1, 0.15) is 19.4 Å². The number of ether oxygens (including phenoxy) is 1. The molecular formula is C31H29BrN4O2. The molecule has 2 N–H and O–H groups in total. The first-order valence-corrected chi connectivity index (χ1v) is 13.2. The smallest absolute Gasteiger partial charge is 0.232 e. The van der Waals surface area contributed by atoms with E-state index < -0.39 is 0 Å². The van der Waals surface area contributed by atoms with Crippen LogP contribution in [0.5, 0.6) is 5.75 Å². The quantitative estimate of drug-likeness (QED) is 0.186. The van der Waals surface area contributed by atoms with Gasteiger partial charge in [-0.05, 0) is 77.7 Å². The molecule has 38 heavy (non-hydrogen) atoms. The van der Waals surface area contributed by atoms with Crippen LogP contribution in [0.4, 0.5) is 11.5 Å². The van der Waals surface area contributed by atoms with E-state index in [2.05, 4.69) is 69.1 Å². The zero-order valence-electron chi connectivity index (χ0n) is 21.6. The molecule has 0 spiro atoms. The molecule has 2 heterocycles. The Hall–Kier alpha value is -4.10. The van der Waals surface area contributed by atoms with E-state index in [0.717, 1.165) is 67.4 Å². The van der Waals surface area contributed by atoms with Gasteiger partial charge in [0.25, 0.3) is 0 Å². The van der Waals surface area contributed by atoms with Crippen LogP contribution in [0, 0.1) is 5.92 Å². The third-order valence-electron chi connectivity index (χ3n) is 6.18. The van der Waals surface area contributed by atoms with Crippen molar-refractivity contribution in [3.05, 3.63) is 95.7 Å². The minimum absolute atomic E-state index is 0.468. The summed E-state index contributed by atoms with van der Waals surface area (Å²) in [6, 6.07) is 24.1. The Bertz CT molecular complexity index is 1560. The van der Waals surface area contributed by atoms with Crippen molar-refractivity contribution in [3.63, 3.8) is 0 Å². The van der Waals surface area contributed by atoms with E-state index in [1.165, 1.54) is 0 Å². The second kappa shape index (κ2) is 11.1. The molecule has 0 bridgehead atoms. The summed E-state index contributed by atoms with van der Waals surface area (Å²) in [5.74, 6) is 2.79. The number of nitrogens with zero attached hydrogens (tertiary/aromatic N) is 2. The highest BCUT2D eigenvalue weighted by atomic mass is 79.9. The van der Waals surface area contributed by atoms with Crippen molar-refractivity contribution < 1.29 is 9.15 Å². The Morgan fingerprint density at radius 2 is 1.63 bits per heavy atom. The summed E-state index contributed by atoms with van der Waals surface area (Å²) in [5.41, 5.74) is 6.20. The predicted octanol–water partition coefficient (Wildman–Crippen LogP) is 8.48. The molecule has 2 aromatic heterocycles. The highest BCUT2D eigenvalue weighted by Gasteiger charge is 2.22. The summed E-state index contributed by atoms with van der Waals surface area (Å²) >= 11 is 3.55. The van der Waals surface area contributed by atoms with Crippen LogP contribution in [0.2, 0.25) is 0 Å². The van der Waals surface area contributed by atoms with E-state index in [1.807, 2.05) is 60.7 Å². The van der Waals surface area contributed by atoms with Gasteiger partial charge >= 0.3 is 0 Å². The molecular weight excluding hydrogens is 540 g/mol. The van der Waals surface area contributed by atoms with Crippen LogP contribution in [0.3, 0.4) is 0 Å². The fourth-order valence-corrected chi connectivity index (χ4v) is 4.47. The molecule has 0 unspecified atom stereocenters. The first kappa shape index (κ1) is 25.5. The van der Waals surface area contributed by atoms with Gasteiger partial charge in [-0.2, -0.15) is 0 Å². The van der Waals surface area contributed by atoms with E-state index in [0.29, 0.717) is 11.6 Å². The first-order valence-electron chi connectivity index (χ1n) is 12.4. The number of furan rings is 1. The number of hydrogen-bond donors (Lipinski definition) is 2. The second-order valence-corrected chi connectivity index (χ2v) is 10.3. The molecule has 0 atom stereocenters. The average molecular weight is 570 g/mol. The van der Waals surface area contributed by atoms with Gasteiger partial charge in [-0.25, -0.2) is 9.97 Å². The fraction of sp³-hybridized carbons (Fsp3) is 0.161. The standard InChI is InChI=1S/C31H29BrN4O2/c1-19(2)17-33-30-28-27(22-5-11-24(32)12-6-22)29(38-31(28)35-18-34-30)23-7-13-25(14-8-23)36-20(3)21-9-15-26(37-4)16-10-21/h5-16,18-19,36H,3,17H2,1-2,4H3,(H,33,34,35). The summed E-state index contributed by atoms with van der Waals surface area (Å²) in [4.78, 5) is 9.02. The Balaban J connectivity index is 1.51. The van der Waals surface area contributed by atoms with Gasteiger partial charge in [-0.3, -0.25) is 0 Å². The summed E-state index contributed by atoms with van der Waals surface area (Å²) in [6.07, 6.45) is 1.54. The normalized spacial score (nSPS) is 11.1. The number of benzene rings is 3. The van der Waals surface area contributed by atoms with Crippen molar-refractivity contribution >= 4 is 44.2 Å². The Kier molecular flexibility index (Phi) is 7.47. The maximum atomic E-state index is 6.38. The highest BCUT2D eigenvalue weighted by Crippen LogP contribution is 2.43. The molecule has 0 aliphatic heterocycles. The number of methoxy groups -OCH3 is 1. The van der Waals surface area contributed by atoms with E-state index in [1.54, 1.807) is 13.4 Å². The Labute approximate surface area is 230 Å². The lowest BCUT2D eigenvalue weighted by atomic mass is 9.99. The first-order chi connectivity index (χ1) is 18.4. The van der Waals surface area contributed by atoms with Crippen molar-refractivity contribution in [2.45, 2.75) is 13.8 Å². The van der Waals surface area contributed by atoms with Crippen LogP contribution >= 0.6 is 15.9 Å².